The fourth-order valence-electron chi connectivity index (χ4n) is 2.23. The number of unbranched alkanes of at least 4 members (excludes halogenated alkanes) is 2. The molecule has 0 saturated carbocycles. The van der Waals surface area contributed by atoms with Crippen molar-refractivity contribution in [2.45, 2.75) is 38.6 Å². The normalized spacial score (nSPS) is 24.7. The van der Waals surface area contributed by atoms with E-state index in [1.54, 1.807) is 0 Å². The number of hydrogen-bond donors (Lipinski definition) is 2. The molecule has 1 saturated heterocycles. The van der Waals surface area contributed by atoms with Gasteiger partial charge in [0, 0.05) is 26.2 Å². The maximum atomic E-state index is 12.1. The Morgan fingerprint density at radius 2 is 2.19 bits per heavy atom. The lowest BCUT2D eigenvalue weighted by Gasteiger charge is -2.23. The molecule has 4 nitrogen and oxygen atoms in total. The quantitative estimate of drug-likeness (QED) is 0.655. The second-order valence-electron chi connectivity index (χ2n) is 4.68. The highest BCUT2D eigenvalue weighted by molar-refractivity contribution is 5.79. The van der Waals surface area contributed by atoms with Gasteiger partial charge in [0.05, 0.1) is 5.92 Å². The van der Waals surface area contributed by atoms with Gasteiger partial charge in [0.1, 0.15) is 0 Å². The summed E-state index contributed by atoms with van der Waals surface area (Å²) in [4.78, 5) is 13.9. The van der Waals surface area contributed by atoms with Crippen LogP contribution < -0.4 is 5.32 Å². The first-order valence-corrected chi connectivity index (χ1v) is 6.26. The molecule has 1 amide bonds. The molecule has 1 fully saturated rings. The summed E-state index contributed by atoms with van der Waals surface area (Å²) in [6, 6.07) is 0.312. The third-order valence-electron chi connectivity index (χ3n) is 3.37. The molecule has 1 aliphatic rings. The number of aliphatic hydroxyl groups is 1. The molecule has 0 aromatic carbocycles. The van der Waals surface area contributed by atoms with Crippen molar-refractivity contribution in [3.63, 3.8) is 0 Å². The first kappa shape index (κ1) is 13.5. The zero-order chi connectivity index (χ0) is 12.0. The molecule has 0 spiro atoms. The van der Waals surface area contributed by atoms with Crippen LogP contribution in [0.2, 0.25) is 0 Å². The highest BCUT2D eigenvalue weighted by Crippen LogP contribution is 2.17. The van der Waals surface area contributed by atoms with Gasteiger partial charge in [-0.25, -0.2) is 0 Å². The van der Waals surface area contributed by atoms with Crippen LogP contribution in [0.4, 0.5) is 0 Å². The number of nitrogens with zero attached hydrogens (tertiary/aromatic N) is 1. The van der Waals surface area contributed by atoms with Crippen molar-refractivity contribution in [1.29, 1.82) is 0 Å². The molecular weight excluding hydrogens is 204 g/mol. The van der Waals surface area contributed by atoms with Gasteiger partial charge >= 0.3 is 0 Å². The van der Waals surface area contributed by atoms with Gasteiger partial charge in [-0.1, -0.05) is 0 Å². The van der Waals surface area contributed by atoms with Crippen LogP contribution in [0.25, 0.3) is 0 Å². The fourth-order valence-corrected chi connectivity index (χ4v) is 2.23. The zero-order valence-electron chi connectivity index (χ0n) is 10.4. The van der Waals surface area contributed by atoms with Crippen molar-refractivity contribution in [3.05, 3.63) is 0 Å². The molecule has 94 valence electrons. The van der Waals surface area contributed by atoms with E-state index < -0.39 is 0 Å². The van der Waals surface area contributed by atoms with Gasteiger partial charge in [-0.15, -0.1) is 0 Å². The van der Waals surface area contributed by atoms with Gasteiger partial charge in [-0.2, -0.15) is 0 Å². The number of carbonyl (C=O) groups is 1. The van der Waals surface area contributed by atoms with Crippen molar-refractivity contribution >= 4 is 5.91 Å². The third kappa shape index (κ3) is 3.76. The molecule has 1 heterocycles. The summed E-state index contributed by atoms with van der Waals surface area (Å²) in [5.74, 6) is 0.421. The monoisotopic (exact) mass is 228 g/mol. The van der Waals surface area contributed by atoms with Crippen LogP contribution >= 0.6 is 0 Å². The molecule has 4 heteroatoms. The Bertz CT molecular complexity index is 221. The lowest BCUT2D eigenvalue weighted by atomic mass is 10.0. The summed E-state index contributed by atoms with van der Waals surface area (Å²) in [7, 11) is 1.88. The van der Waals surface area contributed by atoms with E-state index in [4.69, 9.17) is 5.11 Å². The molecule has 1 aliphatic heterocycles. The van der Waals surface area contributed by atoms with Crippen molar-refractivity contribution < 1.29 is 9.90 Å². The molecular formula is C12H24N2O2. The Kier molecular flexibility index (Phi) is 5.77. The second kappa shape index (κ2) is 6.86. The van der Waals surface area contributed by atoms with E-state index in [0.717, 1.165) is 38.8 Å². The Morgan fingerprint density at radius 1 is 1.44 bits per heavy atom. The molecule has 0 bridgehead atoms. The minimum Gasteiger partial charge on any atom is -0.396 e. The van der Waals surface area contributed by atoms with Gasteiger partial charge < -0.3 is 15.3 Å². The van der Waals surface area contributed by atoms with Crippen LogP contribution in [0, 0.1) is 5.92 Å². The minimum atomic E-state index is 0.155. The third-order valence-corrected chi connectivity index (χ3v) is 3.37. The minimum absolute atomic E-state index is 0.155. The van der Waals surface area contributed by atoms with Crippen molar-refractivity contribution in [2.75, 3.05) is 26.7 Å². The van der Waals surface area contributed by atoms with E-state index in [1.165, 1.54) is 0 Å². The van der Waals surface area contributed by atoms with E-state index in [2.05, 4.69) is 12.2 Å². The first-order valence-electron chi connectivity index (χ1n) is 6.26. The van der Waals surface area contributed by atoms with Crippen molar-refractivity contribution in [2.24, 2.45) is 5.92 Å². The van der Waals surface area contributed by atoms with E-state index in [0.29, 0.717) is 6.04 Å². The van der Waals surface area contributed by atoms with Gasteiger partial charge in [0.2, 0.25) is 5.91 Å². The summed E-state index contributed by atoms with van der Waals surface area (Å²) in [6.45, 7) is 4.09. The van der Waals surface area contributed by atoms with E-state index in [1.807, 2.05) is 11.9 Å². The predicted octanol–water partition coefficient (Wildman–Crippen LogP) is 0.605. The van der Waals surface area contributed by atoms with E-state index in [-0.39, 0.29) is 18.4 Å². The Balaban J connectivity index is 2.24. The molecule has 2 unspecified atom stereocenters. The largest absolute Gasteiger partial charge is 0.396 e. The number of amides is 1. The molecule has 2 atom stereocenters. The number of nitrogens with one attached hydrogen (secondary N) is 1. The standard InChI is InChI=1S/C12H24N2O2/c1-10-11(6-7-13-10)12(16)14(2)8-4-3-5-9-15/h10-11,13,15H,3-9H2,1-2H3. The number of rotatable bonds is 6. The zero-order valence-corrected chi connectivity index (χ0v) is 10.4. The van der Waals surface area contributed by atoms with Crippen LogP contribution in [-0.4, -0.2) is 48.7 Å². The summed E-state index contributed by atoms with van der Waals surface area (Å²) in [6.07, 6.45) is 3.77. The molecule has 1 rings (SSSR count). The number of carbonyl (C=O) groups excluding carboxylic acids is 1. The SMILES string of the molecule is CC1NCCC1C(=O)N(C)CCCCCO. The van der Waals surface area contributed by atoms with Gasteiger partial charge in [0.25, 0.3) is 0 Å². The van der Waals surface area contributed by atoms with Gasteiger partial charge in [-0.05, 0) is 39.2 Å². The smallest absolute Gasteiger partial charge is 0.227 e. The average Bonchev–Trinajstić information content (AvgIpc) is 2.69. The maximum absolute atomic E-state index is 12.1. The van der Waals surface area contributed by atoms with Crippen LogP contribution in [0.3, 0.4) is 0 Å². The van der Waals surface area contributed by atoms with E-state index >= 15 is 0 Å². The van der Waals surface area contributed by atoms with Gasteiger partial charge in [-0.3, -0.25) is 4.79 Å². The fraction of sp³-hybridized carbons (Fsp3) is 0.917. The lowest BCUT2D eigenvalue weighted by molar-refractivity contribution is -0.134. The summed E-state index contributed by atoms with van der Waals surface area (Å²) in [5, 5.41) is 12.0. The van der Waals surface area contributed by atoms with Crippen molar-refractivity contribution in [1.82, 2.24) is 10.2 Å². The highest BCUT2D eigenvalue weighted by Gasteiger charge is 2.30. The van der Waals surface area contributed by atoms with Crippen LogP contribution in [0.5, 0.6) is 0 Å². The van der Waals surface area contributed by atoms with Crippen LogP contribution in [0.15, 0.2) is 0 Å². The Hall–Kier alpha value is -0.610. The summed E-state index contributed by atoms with van der Waals surface area (Å²) in [5.41, 5.74) is 0. The average molecular weight is 228 g/mol. The molecule has 0 aromatic rings. The maximum Gasteiger partial charge on any atom is 0.227 e. The predicted molar refractivity (Wildman–Crippen MR) is 64.1 cm³/mol. The summed E-state index contributed by atoms with van der Waals surface area (Å²) >= 11 is 0. The van der Waals surface area contributed by atoms with Crippen LogP contribution in [-0.2, 0) is 4.79 Å². The molecule has 0 radical (unpaired) electrons. The molecule has 16 heavy (non-hydrogen) atoms. The Labute approximate surface area is 98.0 Å². The number of hydrogen-bond acceptors (Lipinski definition) is 3. The van der Waals surface area contributed by atoms with Crippen molar-refractivity contribution in [3.8, 4) is 0 Å². The van der Waals surface area contributed by atoms with Gasteiger partial charge in [0.15, 0.2) is 0 Å². The first-order chi connectivity index (χ1) is 7.66. The molecule has 0 aromatic heterocycles. The van der Waals surface area contributed by atoms with Crippen LogP contribution in [0.1, 0.15) is 32.6 Å². The highest BCUT2D eigenvalue weighted by atomic mass is 16.2. The summed E-state index contributed by atoms with van der Waals surface area (Å²) < 4.78 is 0. The lowest BCUT2D eigenvalue weighted by Crippen LogP contribution is -2.38. The van der Waals surface area contributed by atoms with E-state index in [9.17, 15) is 4.79 Å². The number of aliphatic hydroxyl groups excluding tert-OH is 1. The second-order valence-corrected chi connectivity index (χ2v) is 4.68. The topological polar surface area (TPSA) is 52.6 Å². The molecule has 0 aliphatic carbocycles. The molecule has 2 N–H and O–H groups in total. The Morgan fingerprint density at radius 3 is 2.75 bits per heavy atom.